The van der Waals surface area contributed by atoms with Crippen molar-refractivity contribution in [3.05, 3.63) is 65.0 Å². The van der Waals surface area contributed by atoms with Crippen molar-refractivity contribution in [2.75, 3.05) is 19.0 Å². The Hall–Kier alpha value is -3.50. The maximum atomic E-state index is 13.1. The van der Waals surface area contributed by atoms with Crippen LogP contribution < -0.4 is 15.0 Å². The molecule has 6 nitrogen and oxygen atoms in total. The summed E-state index contributed by atoms with van der Waals surface area (Å²) < 4.78 is 44.5. The molecule has 0 radical (unpaired) electrons. The molecule has 2 aromatic carbocycles. The highest BCUT2D eigenvalue weighted by Crippen LogP contribution is 2.37. The third-order valence-electron chi connectivity index (χ3n) is 4.80. The van der Waals surface area contributed by atoms with Crippen LogP contribution in [-0.4, -0.2) is 31.8 Å². The number of para-hydroxylation sites is 1. The molecule has 1 unspecified atom stereocenters. The van der Waals surface area contributed by atoms with Crippen molar-refractivity contribution in [3.63, 3.8) is 0 Å². The number of anilines is 1. The van der Waals surface area contributed by atoms with Crippen LogP contribution >= 0.6 is 11.3 Å². The van der Waals surface area contributed by atoms with E-state index in [1.807, 2.05) is 12.1 Å². The second-order valence-corrected chi connectivity index (χ2v) is 7.99. The fraction of sp³-hybridized carbons (Fsp3) is 0.136. The number of carbonyl (C=O) groups excluding carboxylic acids is 2. The molecular formula is C22H17F3N3O3S+. The average Bonchev–Trinajstić information content (AvgIpc) is 3.21. The summed E-state index contributed by atoms with van der Waals surface area (Å²) in [5, 5.41) is 2.25. The highest BCUT2D eigenvalue weighted by atomic mass is 32.1. The molecule has 1 atom stereocenters. The predicted octanol–water partition coefficient (Wildman–Crippen LogP) is 3.78. The van der Waals surface area contributed by atoms with E-state index in [0.29, 0.717) is 16.3 Å². The number of carbonyl (C=O) groups is 2. The van der Waals surface area contributed by atoms with Gasteiger partial charge in [-0.1, -0.05) is 12.1 Å². The number of nitrogens with one attached hydrogen (secondary N) is 2. The molecule has 0 aliphatic carbocycles. The Morgan fingerprint density at radius 3 is 2.56 bits per heavy atom. The van der Waals surface area contributed by atoms with E-state index in [1.165, 1.54) is 35.9 Å². The Labute approximate surface area is 185 Å². The summed E-state index contributed by atoms with van der Waals surface area (Å²) >= 11 is 1.25. The summed E-state index contributed by atoms with van der Waals surface area (Å²) in [5.74, 6) is -0.385. The van der Waals surface area contributed by atoms with E-state index in [9.17, 15) is 22.8 Å². The molecule has 2 amide bonds. The molecule has 0 spiro atoms. The lowest BCUT2D eigenvalue weighted by Crippen LogP contribution is -3.15. The number of thiophene rings is 1. The lowest BCUT2D eigenvalue weighted by molar-refractivity contribution is -0.694. The van der Waals surface area contributed by atoms with Gasteiger partial charge in [0.15, 0.2) is 17.8 Å². The molecule has 1 aliphatic heterocycles. The molecule has 4 rings (SSSR count). The number of hydrogen-bond acceptors (Lipinski definition) is 5. The third kappa shape index (κ3) is 4.41. The third-order valence-corrected chi connectivity index (χ3v) is 5.97. The molecule has 2 N–H and O–H groups in total. The molecule has 0 saturated heterocycles. The van der Waals surface area contributed by atoms with E-state index in [1.54, 1.807) is 25.3 Å². The zero-order valence-electron chi connectivity index (χ0n) is 16.7. The van der Waals surface area contributed by atoms with Crippen molar-refractivity contribution in [1.29, 1.82) is 0 Å². The number of aliphatic imine (C=N–C) groups is 1. The van der Waals surface area contributed by atoms with Gasteiger partial charge in [0.2, 0.25) is 0 Å². The van der Waals surface area contributed by atoms with Crippen LogP contribution in [0.1, 0.15) is 15.2 Å². The number of alkyl halides is 3. The van der Waals surface area contributed by atoms with Crippen molar-refractivity contribution in [1.82, 2.24) is 0 Å². The van der Waals surface area contributed by atoms with Gasteiger partial charge in [-0.2, -0.15) is 13.2 Å². The predicted molar refractivity (Wildman–Crippen MR) is 115 cm³/mol. The van der Waals surface area contributed by atoms with Gasteiger partial charge < -0.3 is 10.1 Å². The number of amides is 2. The quantitative estimate of drug-likeness (QED) is 0.609. The van der Waals surface area contributed by atoms with Gasteiger partial charge in [0, 0.05) is 4.88 Å². The molecular weight excluding hydrogens is 443 g/mol. The van der Waals surface area contributed by atoms with E-state index in [0.717, 1.165) is 16.5 Å². The number of benzene rings is 2. The lowest BCUT2D eigenvalue weighted by atomic mass is 10.1. The summed E-state index contributed by atoms with van der Waals surface area (Å²) in [6.07, 6.45) is -3.31. The minimum atomic E-state index is -4.61. The number of halogens is 3. The molecule has 32 heavy (non-hydrogen) atoms. The van der Waals surface area contributed by atoms with Gasteiger partial charge in [-0.3, -0.25) is 4.79 Å². The van der Waals surface area contributed by atoms with Crippen LogP contribution in [0.5, 0.6) is 5.75 Å². The lowest BCUT2D eigenvalue weighted by Gasteiger charge is -2.16. The molecule has 1 aromatic heterocycles. The first kappa shape index (κ1) is 21.7. The number of ether oxygens (including phenoxy) is 1. The molecule has 164 valence electrons. The van der Waals surface area contributed by atoms with Gasteiger partial charge in [0.25, 0.3) is 5.91 Å². The average molecular weight is 460 g/mol. The van der Waals surface area contributed by atoms with E-state index < -0.39 is 17.6 Å². The second kappa shape index (κ2) is 8.56. The Bertz CT molecular complexity index is 1200. The number of nitrogens with zero attached hydrogens (tertiary/aromatic N) is 1. The maximum absolute atomic E-state index is 13.1. The van der Waals surface area contributed by atoms with Crippen LogP contribution in [0.25, 0.3) is 10.4 Å². The van der Waals surface area contributed by atoms with Crippen molar-refractivity contribution in [2.45, 2.75) is 6.18 Å². The minimum Gasteiger partial charge on any atom is -0.497 e. The van der Waals surface area contributed by atoms with Crippen molar-refractivity contribution < 1.29 is 32.4 Å². The van der Waals surface area contributed by atoms with Gasteiger partial charge in [-0.05, 0) is 48.0 Å². The number of hydrogen-bond donors (Lipinski definition) is 2. The molecule has 3 aromatic rings. The smallest absolute Gasteiger partial charge is 0.418 e. The first-order chi connectivity index (χ1) is 15.3. The summed E-state index contributed by atoms with van der Waals surface area (Å²) in [6, 6.07) is 13.8. The Kier molecular flexibility index (Phi) is 5.81. The van der Waals surface area contributed by atoms with Crippen LogP contribution in [0.4, 0.5) is 24.5 Å². The normalized spacial score (nSPS) is 15.4. The molecule has 10 heteroatoms. The van der Waals surface area contributed by atoms with Crippen LogP contribution in [0.2, 0.25) is 0 Å². The molecule has 0 fully saturated rings. The number of quaternary nitrogens is 1. The fourth-order valence-electron chi connectivity index (χ4n) is 3.22. The van der Waals surface area contributed by atoms with E-state index in [4.69, 9.17) is 4.74 Å². The van der Waals surface area contributed by atoms with Crippen LogP contribution in [-0.2, 0) is 11.0 Å². The summed E-state index contributed by atoms with van der Waals surface area (Å²) in [7, 11) is 1.57. The van der Waals surface area contributed by atoms with E-state index in [-0.39, 0.29) is 23.0 Å². The first-order valence-electron chi connectivity index (χ1n) is 9.45. The summed E-state index contributed by atoms with van der Waals surface area (Å²) in [4.78, 5) is 30.9. The summed E-state index contributed by atoms with van der Waals surface area (Å²) in [5.41, 5.74) is 0.0738. The Balaban J connectivity index is 1.48. The zero-order chi connectivity index (χ0) is 22.9. The van der Waals surface area contributed by atoms with Crippen LogP contribution in [0.3, 0.4) is 0 Å². The summed E-state index contributed by atoms with van der Waals surface area (Å²) in [6.45, 7) is -0.385. The fourth-order valence-corrected chi connectivity index (χ4v) is 4.31. The van der Waals surface area contributed by atoms with Gasteiger partial charge in [0.1, 0.15) is 5.75 Å². The minimum absolute atomic E-state index is 0.114. The second-order valence-electron chi connectivity index (χ2n) is 6.93. The van der Waals surface area contributed by atoms with E-state index >= 15 is 0 Å². The van der Waals surface area contributed by atoms with Crippen LogP contribution in [0, 0.1) is 0 Å². The Morgan fingerprint density at radius 2 is 1.88 bits per heavy atom. The standard InChI is InChI=1S/C22H16F3N3O3S/c1-31-14-8-6-13(7-9-14)18-10-17-20(32-18)21(30)28(12-26-17)11-19(29)27-16-5-3-2-4-15(16)22(23,24)25/h2-10,12H,11H2,1H3,(H,27,29)/p+1. The maximum Gasteiger partial charge on any atom is 0.418 e. The topological polar surface area (TPSA) is 72.2 Å². The highest BCUT2D eigenvalue weighted by molar-refractivity contribution is 7.18. The molecule has 0 saturated carbocycles. The number of methoxy groups -OCH3 is 1. The van der Waals surface area contributed by atoms with Gasteiger partial charge in [-0.25, -0.2) is 14.7 Å². The monoisotopic (exact) mass is 460 g/mol. The Morgan fingerprint density at radius 1 is 1.16 bits per heavy atom. The highest BCUT2D eigenvalue weighted by Gasteiger charge is 2.35. The largest absolute Gasteiger partial charge is 0.497 e. The molecule has 2 heterocycles. The van der Waals surface area contributed by atoms with Crippen LogP contribution in [0.15, 0.2) is 59.6 Å². The van der Waals surface area contributed by atoms with Gasteiger partial charge in [-0.15, -0.1) is 11.3 Å². The van der Waals surface area contributed by atoms with Crippen molar-refractivity contribution in [2.24, 2.45) is 4.99 Å². The van der Waals surface area contributed by atoms with Crippen molar-refractivity contribution >= 4 is 40.9 Å². The van der Waals surface area contributed by atoms with Gasteiger partial charge >= 0.3 is 12.1 Å². The zero-order valence-corrected chi connectivity index (χ0v) is 17.5. The number of fused-ring (bicyclic) bond motifs is 1. The van der Waals surface area contributed by atoms with Gasteiger partial charge in [0.05, 0.1) is 24.0 Å². The first-order valence-corrected chi connectivity index (χ1v) is 10.3. The number of rotatable bonds is 5. The van der Waals surface area contributed by atoms with Crippen molar-refractivity contribution in [3.8, 4) is 16.2 Å². The molecule has 0 bridgehead atoms. The van der Waals surface area contributed by atoms with E-state index in [2.05, 4.69) is 10.3 Å². The molecule has 1 aliphatic rings. The SMILES string of the molecule is COc1ccc(-c2cc3c(s2)C(=O)[NH+](CC(=O)Nc2ccccc2C(F)(F)F)C=N3)cc1.